The highest BCUT2D eigenvalue weighted by Crippen LogP contribution is 2.21. The maximum atomic E-state index is 12.5. The maximum Gasteiger partial charge on any atom is 0.241 e. The molecule has 2 rings (SSSR count). The van der Waals surface area contributed by atoms with Crippen LogP contribution >= 0.6 is 0 Å². The van der Waals surface area contributed by atoms with Gasteiger partial charge in [-0.2, -0.15) is 0 Å². The summed E-state index contributed by atoms with van der Waals surface area (Å²) in [6.07, 6.45) is 1.08. The molecule has 22 heavy (non-hydrogen) atoms. The lowest BCUT2D eigenvalue weighted by atomic mass is 10.0. The van der Waals surface area contributed by atoms with Crippen LogP contribution < -0.4 is 4.72 Å². The zero-order chi connectivity index (χ0) is 16.0. The van der Waals surface area contributed by atoms with Crippen molar-refractivity contribution in [3.8, 4) is 0 Å². The predicted molar refractivity (Wildman–Crippen MR) is 87.0 cm³/mol. The number of sulfonamides is 1. The van der Waals surface area contributed by atoms with E-state index in [9.17, 15) is 8.42 Å². The molecule has 5 heteroatoms. The van der Waals surface area contributed by atoms with Crippen LogP contribution in [0.2, 0.25) is 0 Å². The van der Waals surface area contributed by atoms with E-state index in [1.165, 1.54) is 0 Å². The van der Waals surface area contributed by atoms with Crippen molar-refractivity contribution < 1.29 is 13.5 Å². The minimum Gasteiger partial charge on any atom is -0.396 e. The van der Waals surface area contributed by atoms with Gasteiger partial charge in [-0.1, -0.05) is 48.0 Å². The van der Waals surface area contributed by atoms with Crippen LogP contribution in [-0.2, 0) is 10.0 Å². The fourth-order valence-corrected chi connectivity index (χ4v) is 3.51. The maximum absolute atomic E-state index is 12.5. The third kappa shape index (κ3) is 4.40. The number of rotatable bonds is 7. The molecule has 0 aliphatic heterocycles. The first-order chi connectivity index (χ1) is 10.5. The fourth-order valence-electron chi connectivity index (χ4n) is 2.25. The van der Waals surface area contributed by atoms with E-state index in [1.807, 2.05) is 37.3 Å². The van der Waals surface area contributed by atoms with E-state index < -0.39 is 10.0 Å². The lowest BCUT2D eigenvalue weighted by molar-refractivity contribution is 0.278. The Hall–Kier alpha value is -1.69. The molecule has 0 heterocycles. The average molecular weight is 319 g/mol. The molecule has 0 aliphatic carbocycles. The number of aliphatic hydroxyl groups is 1. The van der Waals surface area contributed by atoms with Gasteiger partial charge in [0.05, 0.1) is 4.90 Å². The molecule has 0 bridgehead atoms. The first-order valence-electron chi connectivity index (χ1n) is 7.28. The minimum atomic E-state index is -3.59. The molecular formula is C17H21NO3S. The number of nitrogens with one attached hydrogen (secondary N) is 1. The summed E-state index contributed by atoms with van der Waals surface area (Å²) in [5.41, 5.74) is 1.91. The molecule has 2 aromatic carbocycles. The van der Waals surface area contributed by atoms with E-state index in [2.05, 4.69) is 4.72 Å². The smallest absolute Gasteiger partial charge is 0.241 e. The van der Waals surface area contributed by atoms with Crippen LogP contribution in [0, 0.1) is 6.92 Å². The number of aryl methyl sites for hydroxylation is 1. The topological polar surface area (TPSA) is 66.4 Å². The molecule has 0 aliphatic rings. The van der Waals surface area contributed by atoms with Crippen molar-refractivity contribution in [2.75, 3.05) is 6.61 Å². The van der Waals surface area contributed by atoms with Crippen LogP contribution in [0.25, 0.3) is 0 Å². The first-order valence-corrected chi connectivity index (χ1v) is 8.76. The molecule has 0 aromatic heterocycles. The highest BCUT2D eigenvalue weighted by Gasteiger charge is 2.20. The van der Waals surface area contributed by atoms with E-state index in [0.29, 0.717) is 12.8 Å². The molecule has 0 saturated heterocycles. The highest BCUT2D eigenvalue weighted by atomic mass is 32.2. The summed E-state index contributed by atoms with van der Waals surface area (Å²) in [4.78, 5) is 0.253. The summed E-state index contributed by atoms with van der Waals surface area (Å²) >= 11 is 0. The van der Waals surface area contributed by atoms with Gasteiger partial charge in [-0.25, -0.2) is 13.1 Å². The van der Waals surface area contributed by atoms with Gasteiger partial charge in [0, 0.05) is 12.6 Å². The van der Waals surface area contributed by atoms with E-state index in [0.717, 1.165) is 11.1 Å². The highest BCUT2D eigenvalue weighted by molar-refractivity contribution is 7.89. The number of benzene rings is 2. The Bertz CT molecular complexity index is 682. The predicted octanol–water partition coefficient (Wildman–Crippen LogP) is 2.79. The molecule has 4 nitrogen and oxygen atoms in total. The molecule has 118 valence electrons. The van der Waals surface area contributed by atoms with Crippen molar-refractivity contribution in [3.05, 3.63) is 65.7 Å². The molecule has 0 fully saturated rings. The second-order valence-corrected chi connectivity index (χ2v) is 6.98. The number of aliphatic hydroxyl groups excluding tert-OH is 1. The minimum absolute atomic E-state index is 0.0373. The number of hydrogen-bond donors (Lipinski definition) is 2. The zero-order valence-corrected chi connectivity index (χ0v) is 13.4. The quantitative estimate of drug-likeness (QED) is 0.824. The molecular weight excluding hydrogens is 298 g/mol. The third-order valence-corrected chi connectivity index (χ3v) is 4.97. The summed E-state index contributed by atoms with van der Waals surface area (Å²) in [5.74, 6) is 0. The van der Waals surface area contributed by atoms with Gasteiger partial charge in [-0.3, -0.25) is 0 Å². The second kappa shape index (κ2) is 7.54. The van der Waals surface area contributed by atoms with Crippen LogP contribution in [0.3, 0.4) is 0 Å². The standard InChI is InChI=1S/C17H21NO3S/c1-14-9-11-16(12-10-14)22(20,21)18-17(8-5-13-19)15-6-3-2-4-7-15/h2-4,6-7,9-12,17-19H,5,8,13H2,1H3. The lowest BCUT2D eigenvalue weighted by Crippen LogP contribution is -2.29. The van der Waals surface area contributed by atoms with E-state index in [4.69, 9.17) is 5.11 Å². The van der Waals surface area contributed by atoms with Gasteiger partial charge in [0.15, 0.2) is 0 Å². The summed E-state index contributed by atoms with van der Waals surface area (Å²) in [6, 6.07) is 15.8. The molecule has 1 atom stereocenters. The first kappa shape index (κ1) is 16.7. The Kier molecular flexibility index (Phi) is 5.71. The zero-order valence-electron chi connectivity index (χ0n) is 12.6. The second-order valence-electron chi connectivity index (χ2n) is 5.26. The largest absolute Gasteiger partial charge is 0.396 e. The van der Waals surface area contributed by atoms with E-state index >= 15 is 0 Å². The Balaban J connectivity index is 2.24. The Morgan fingerprint density at radius 3 is 2.27 bits per heavy atom. The van der Waals surface area contributed by atoms with Crippen LogP contribution in [0.4, 0.5) is 0 Å². The van der Waals surface area contributed by atoms with Crippen molar-refractivity contribution in [3.63, 3.8) is 0 Å². The van der Waals surface area contributed by atoms with Crippen molar-refractivity contribution in [1.29, 1.82) is 0 Å². The Morgan fingerprint density at radius 1 is 1.05 bits per heavy atom. The molecule has 0 amide bonds. The normalized spacial score (nSPS) is 13.0. The van der Waals surface area contributed by atoms with Gasteiger partial charge >= 0.3 is 0 Å². The van der Waals surface area contributed by atoms with Gasteiger partial charge < -0.3 is 5.11 Å². The van der Waals surface area contributed by atoms with Gasteiger partial charge in [-0.05, 0) is 37.5 Å². The van der Waals surface area contributed by atoms with Crippen LogP contribution in [0.15, 0.2) is 59.5 Å². The van der Waals surface area contributed by atoms with Crippen molar-refractivity contribution >= 4 is 10.0 Å². The van der Waals surface area contributed by atoms with Crippen LogP contribution in [-0.4, -0.2) is 20.1 Å². The Labute approximate surface area is 131 Å². The average Bonchev–Trinajstić information content (AvgIpc) is 2.52. The third-order valence-electron chi connectivity index (χ3n) is 3.48. The summed E-state index contributed by atoms with van der Waals surface area (Å²) in [6.45, 7) is 1.95. The summed E-state index contributed by atoms with van der Waals surface area (Å²) in [5, 5.41) is 9.03. The SMILES string of the molecule is Cc1ccc(S(=O)(=O)NC(CCCO)c2ccccc2)cc1. The molecule has 2 N–H and O–H groups in total. The van der Waals surface area contributed by atoms with E-state index in [1.54, 1.807) is 24.3 Å². The molecule has 0 radical (unpaired) electrons. The van der Waals surface area contributed by atoms with E-state index in [-0.39, 0.29) is 17.5 Å². The number of hydrogen-bond acceptors (Lipinski definition) is 3. The van der Waals surface area contributed by atoms with Crippen LogP contribution in [0.1, 0.15) is 30.0 Å². The molecule has 0 spiro atoms. The molecule has 2 aromatic rings. The molecule has 0 saturated carbocycles. The van der Waals surface area contributed by atoms with Crippen molar-refractivity contribution in [1.82, 2.24) is 4.72 Å². The van der Waals surface area contributed by atoms with Gasteiger partial charge in [0.25, 0.3) is 0 Å². The molecule has 1 unspecified atom stereocenters. The van der Waals surface area contributed by atoms with Crippen molar-refractivity contribution in [2.24, 2.45) is 0 Å². The lowest BCUT2D eigenvalue weighted by Gasteiger charge is -2.19. The monoisotopic (exact) mass is 319 g/mol. The van der Waals surface area contributed by atoms with Gasteiger partial charge in [-0.15, -0.1) is 0 Å². The summed E-state index contributed by atoms with van der Waals surface area (Å²) in [7, 11) is -3.59. The van der Waals surface area contributed by atoms with Crippen molar-refractivity contribution in [2.45, 2.75) is 30.7 Å². The fraction of sp³-hybridized carbons (Fsp3) is 0.294. The van der Waals surface area contributed by atoms with Gasteiger partial charge in [0.1, 0.15) is 0 Å². The summed E-state index contributed by atoms with van der Waals surface area (Å²) < 4.78 is 27.8. The van der Waals surface area contributed by atoms with Gasteiger partial charge in [0.2, 0.25) is 10.0 Å². The van der Waals surface area contributed by atoms with Crippen LogP contribution in [0.5, 0.6) is 0 Å². The Morgan fingerprint density at radius 2 is 1.68 bits per heavy atom.